The second-order valence-corrected chi connectivity index (χ2v) is 11.5. The van der Waals surface area contributed by atoms with E-state index in [1.807, 2.05) is 0 Å². The second-order valence-electron chi connectivity index (χ2n) is 10.5. The van der Waals surface area contributed by atoms with E-state index in [0.717, 1.165) is 37.1 Å². The summed E-state index contributed by atoms with van der Waals surface area (Å²) in [5.74, 6) is 0. The van der Waals surface area contributed by atoms with E-state index >= 15 is 0 Å². The molecule has 0 aromatic carbocycles. The lowest BCUT2D eigenvalue weighted by atomic mass is 10.0. The van der Waals surface area contributed by atoms with Crippen LogP contribution in [0.25, 0.3) is 0 Å². The van der Waals surface area contributed by atoms with Gasteiger partial charge in [-0.15, -0.1) is 0 Å². The number of hydrogen-bond acceptors (Lipinski definition) is 7. The van der Waals surface area contributed by atoms with E-state index in [4.69, 9.17) is 0 Å². The van der Waals surface area contributed by atoms with Crippen molar-refractivity contribution in [3.8, 4) is 0 Å². The van der Waals surface area contributed by atoms with E-state index < -0.39 is 23.1 Å². The number of quaternary nitrogens is 1. The molecule has 0 aliphatic carbocycles. The zero-order valence-corrected chi connectivity index (χ0v) is 23.9. The van der Waals surface area contributed by atoms with Gasteiger partial charge in [0, 0.05) is 26.1 Å². The molecule has 8 nitrogen and oxygen atoms in total. The Hall–Kier alpha value is -0.290. The highest BCUT2D eigenvalue weighted by Crippen LogP contribution is 2.18. The van der Waals surface area contributed by atoms with Crippen LogP contribution in [0.5, 0.6) is 0 Å². The summed E-state index contributed by atoms with van der Waals surface area (Å²) >= 11 is 0. The monoisotopic (exact) mass is 539 g/mol. The van der Waals surface area contributed by atoms with Crippen LogP contribution in [0.2, 0.25) is 0 Å². The maximum Gasteiger partial charge on any atom is 0.217 e. The molecular formula is C27H57NO7S. The third-order valence-electron chi connectivity index (χ3n) is 7.14. The summed E-state index contributed by atoms with van der Waals surface area (Å²) in [6.45, 7) is 5.36. The fourth-order valence-corrected chi connectivity index (χ4v) is 5.36. The summed E-state index contributed by atoms with van der Waals surface area (Å²) in [4.78, 5) is 0. The first-order valence-corrected chi connectivity index (χ1v) is 16.0. The minimum atomic E-state index is -4.80. The Morgan fingerprint density at radius 3 is 1.47 bits per heavy atom. The molecule has 0 fully saturated rings. The lowest BCUT2D eigenvalue weighted by molar-refractivity contribution is -0.929. The Balaban J connectivity index is 4.24. The molecule has 0 radical (unpaired) electrons. The molecule has 1 unspecified atom stereocenters. The van der Waals surface area contributed by atoms with Gasteiger partial charge in [0.15, 0.2) is 0 Å². The molecule has 218 valence electrons. The SMILES string of the molecule is CCCCCCCCCCCCCCCC[N+](CCCO)(CCCO)CCCC(O)COS(=O)(=O)[O-]. The van der Waals surface area contributed by atoms with Gasteiger partial charge in [-0.05, 0) is 25.7 Å². The van der Waals surface area contributed by atoms with Gasteiger partial charge in [-0.2, -0.15) is 0 Å². The van der Waals surface area contributed by atoms with E-state index in [0.29, 0.717) is 25.7 Å². The summed E-state index contributed by atoms with van der Waals surface area (Å²) in [6, 6.07) is 0. The van der Waals surface area contributed by atoms with Crippen LogP contribution in [0.3, 0.4) is 0 Å². The molecule has 0 aromatic rings. The molecule has 0 aliphatic rings. The number of unbranched alkanes of at least 4 members (excludes halogenated alkanes) is 13. The Morgan fingerprint density at radius 2 is 1.06 bits per heavy atom. The highest BCUT2D eigenvalue weighted by molar-refractivity contribution is 7.80. The predicted molar refractivity (Wildman–Crippen MR) is 144 cm³/mol. The minimum Gasteiger partial charge on any atom is -0.726 e. The zero-order chi connectivity index (χ0) is 27.0. The summed E-state index contributed by atoms with van der Waals surface area (Å²) in [7, 11) is -4.80. The van der Waals surface area contributed by atoms with Crippen molar-refractivity contribution in [1.29, 1.82) is 0 Å². The van der Waals surface area contributed by atoms with Gasteiger partial charge >= 0.3 is 0 Å². The number of aliphatic hydroxyl groups excluding tert-OH is 3. The van der Waals surface area contributed by atoms with Crippen molar-refractivity contribution >= 4 is 10.4 Å². The smallest absolute Gasteiger partial charge is 0.217 e. The van der Waals surface area contributed by atoms with Crippen molar-refractivity contribution in [1.82, 2.24) is 0 Å². The van der Waals surface area contributed by atoms with Crippen LogP contribution in [0.15, 0.2) is 0 Å². The molecule has 0 amide bonds. The Kier molecular flexibility index (Phi) is 23.6. The van der Waals surface area contributed by atoms with Gasteiger partial charge < -0.3 is 24.4 Å². The summed E-state index contributed by atoms with van der Waals surface area (Å²) < 4.78 is 36.7. The van der Waals surface area contributed by atoms with E-state index in [-0.39, 0.29) is 13.2 Å². The Labute approximate surface area is 222 Å². The highest BCUT2D eigenvalue weighted by atomic mass is 32.3. The van der Waals surface area contributed by atoms with E-state index in [2.05, 4.69) is 11.1 Å². The van der Waals surface area contributed by atoms with Crippen LogP contribution in [-0.4, -0.2) is 84.9 Å². The molecule has 3 N–H and O–H groups in total. The maximum absolute atomic E-state index is 10.6. The number of aliphatic hydroxyl groups is 3. The third-order valence-corrected chi connectivity index (χ3v) is 7.57. The normalized spacial score (nSPS) is 13.4. The molecule has 0 saturated heterocycles. The van der Waals surface area contributed by atoms with Crippen LogP contribution in [0.4, 0.5) is 0 Å². The van der Waals surface area contributed by atoms with Crippen LogP contribution >= 0.6 is 0 Å². The van der Waals surface area contributed by atoms with E-state index in [1.54, 1.807) is 0 Å². The molecule has 0 aliphatic heterocycles. The molecule has 1 atom stereocenters. The molecule has 0 rings (SSSR count). The average molecular weight is 540 g/mol. The molecule has 0 aromatic heterocycles. The summed E-state index contributed by atoms with van der Waals surface area (Å²) in [5, 5.41) is 28.8. The first kappa shape index (κ1) is 35.7. The topological polar surface area (TPSA) is 127 Å². The van der Waals surface area contributed by atoms with Crippen molar-refractivity contribution in [2.45, 2.75) is 129 Å². The Morgan fingerprint density at radius 1 is 0.667 bits per heavy atom. The molecule has 0 spiro atoms. The molecule has 9 heteroatoms. The van der Waals surface area contributed by atoms with Gasteiger partial charge in [-0.3, -0.25) is 4.18 Å². The minimum absolute atomic E-state index is 0.121. The summed E-state index contributed by atoms with van der Waals surface area (Å²) in [5.41, 5.74) is 0. The lowest BCUT2D eigenvalue weighted by Gasteiger charge is -2.39. The molecule has 0 bridgehead atoms. The Bertz CT molecular complexity index is 566. The van der Waals surface area contributed by atoms with Crippen LogP contribution in [-0.2, 0) is 14.6 Å². The quantitative estimate of drug-likeness (QED) is 0.0571. The van der Waals surface area contributed by atoms with Crippen molar-refractivity contribution < 1.29 is 37.0 Å². The van der Waals surface area contributed by atoms with Crippen LogP contribution in [0.1, 0.15) is 122 Å². The van der Waals surface area contributed by atoms with Gasteiger partial charge in [-0.1, -0.05) is 84.0 Å². The number of nitrogens with zero attached hydrogens (tertiary/aromatic N) is 1. The fourth-order valence-electron chi connectivity index (χ4n) is 5.03. The fraction of sp³-hybridized carbons (Fsp3) is 1.00. The number of rotatable bonds is 28. The third kappa shape index (κ3) is 22.9. The standard InChI is InChI=1S/C27H57NO7S/c1-2-3-4-5-6-7-8-9-10-11-12-13-14-15-20-28(22-17-24-29,23-18-25-30)21-16-19-27(31)26-35-36(32,33)34/h27,29-31H,2-26H2,1H3. The van der Waals surface area contributed by atoms with E-state index in [1.165, 1.54) is 83.5 Å². The van der Waals surface area contributed by atoms with Crippen molar-refractivity contribution in [3.05, 3.63) is 0 Å². The van der Waals surface area contributed by atoms with Crippen molar-refractivity contribution in [3.63, 3.8) is 0 Å². The first-order chi connectivity index (χ1) is 17.3. The van der Waals surface area contributed by atoms with E-state index in [9.17, 15) is 28.3 Å². The van der Waals surface area contributed by atoms with Gasteiger partial charge in [0.1, 0.15) is 0 Å². The zero-order valence-electron chi connectivity index (χ0n) is 23.1. The van der Waals surface area contributed by atoms with Crippen molar-refractivity contribution in [2.75, 3.05) is 46.0 Å². The van der Waals surface area contributed by atoms with Gasteiger partial charge in [-0.25, -0.2) is 8.42 Å². The first-order valence-electron chi connectivity index (χ1n) is 14.6. The number of hydrogen-bond donors (Lipinski definition) is 3. The molecule has 0 heterocycles. The highest BCUT2D eigenvalue weighted by Gasteiger charge is 2.26. The summed E-state index contributed by atoms with van der Waals surface area (Å²) in [6.07, 6.45) is 19.7. The van der Waals surface area contributed by atoms with Crippen LogP contribution in [0, 0.1) is 0 Å². The lowest BCUT2D eigenvalue weighted by Crippen LogP contribution is -2.51. The van der Waals surface area contributed by atoms with Gasteiger partial charge in [0.25, 0.3) is 0 Å². The average Bonchev–Trinajstić information content (AvgIpc) is 2.84. The van der Waals surface area contributed by atoms with Crippen molar-refractivity contribution in [2.24, 2.45) is 0 Å². The molecule has 0 saturated carbocycles. The second kappa shape index (κ2) is 23.8. The van der Waals surface area contributed by atoms with Crippen LogP contribution < -0.4 is 0 Å². The van der Waals surface area contributed by atoms with Gasteiger partial charge in [0.2, 0.25) is 10.4 Å². The largest absolute Gasteiger partial charge is 0.726 e. The molecule has 36 heavy (non-hydrogen) atoms. The van der Waals surface area contributed by atoms with Gasteiger partial charge in [0.05, 0.1) is 38.9 Å². The molecular weight excluding hydrogens is 482 g/mol. The maximum atomic E-state index is 10.6. The predicted octanol–water partition coefficient (Wildman–Crippen LogP) is 4.67.